The topological polar surface area (TPSA) is 180 Å². The van der Waals surface area contributed by atoms with Crippen molar-refractivity contribution in [2.45, 2.75) is 136 Å². The number of aliphatic hydroxyl groups excluding tert-OH is 1. The molecule has 3 heterocycles. The van der Waals surface area contributed by atoms with Gasteiger partial charge in [0.15, 0.2) is 0 Å². The number of pyridine rings is 1. The molecule has 272 valence electrons. The molecule has 0 bridgehead atoms. The highest BCUT2D eigenvalue weighted by Crippen LogP contribution is 2.24. The molecule has 3 amide bonds. The maximum absolute atomic E-state index is 13.8. The quantitative estimate of drug-likeness (QED) is 0.111. The number of ketones is 1. The van der Waals surface area contributed by atoms with Crippen LogP contribution in [0.4, 0.5) is 0 Å². The molecular weight excluding hydrogens is 650 g/mol. The third-order valence-corrected chi connectivity index (χ3v) is 8.84. The van der Waals surface area contributed by atoms with Gasteiger partial charge in [0.2, 0.25) is 23.5 Å². The lowest BCUT2D eigenvalue weighted by molar-refractivity contribution is -0.142. The maximum Gasteiger partial charge on any atom is 0.286 e. The van der Waals surface area contributed by atoms with Gasteiger partial charge in [-0.2, -0.15) is 0 Å². The molecule has 14 heteroatoms. The first kappa shape index (κ1) is 40.0. The van der Waals surface area contributed by atoms with E-state index >= 15 is 0 Å². The van der Waals surface area contributed by atoms with Gasteiger partial charge in [0, 0.05) is 28.7 Å². The smallest absolute Gasteiger partial charge is 0.286 e. The SMILES string of the molecule is CC(C)[C@H](NC(=O)[C@@H]1CCCN1C(=O)[C@@H](NC(O)CCCCC(C)(C)NC(=O)c1cc(Cl)ccn1)C(C)C)C(=O)c1nnc(C(C)(C)C)o1. The number of rotatable bonds is 16. The van der Waals surface area contributed by atoms with Crippen molar-refractivity contribution in [3.63, 3.8) is 0 Å². The van der Waals surface area contributed by atoms with Gasteiger partial charge in [0.1, 0.15) is 18.0 Å². The minimum atomic E-state index is -0.949. The van der Waals surface area contributed by atoms with Crippen molar-refractivity contribution in [1.82, 2.24) is 36.0 Å². The molecule has 1 saturated heterocycles. The second-order valence-corrected chi connectivity index (χ2v) is 15.7. The Kier molecular flexibility index (Phi) is 13.9. The van der Waals surface area contributed by atoms with Crippen LogP contribution in [0, 0.1) is 11.8 Å². The van der Waals surface area contributed by atoms with Crippen LogP contribution >= 0.6 is 11.6 Å². The number of unbranched alkanes of at least 4 members (excludes halogenated alkanes) is 1. The van der Waals surface area contributed by atoms with E-state index in [1.54, 1.807) is 11.0 Å². The van der Waals surface area contributed by atoms with Crippen LogP contribution in [0.25, 0.3) is 0 Å². The molecule has 1 aliphatic rings. The molecule has 1 fully saturated rings. The molecule has 4 atom stereocenters. The number of hydrogen-bond donors (Lipinski definition) is 4. The zero-order chi connectivity index (χ0) is 36.7. The highest BCUT2D eigenvalue weighted by molar-refractivity contribution is 6.30. The lowest BCUT2D eigenvalue weighted by Gasteiger charge is -2.32. The Bertz CT molecular complexity index is 1450. The highest BCUT2D eigenvalue weighted by Gasteiger charge is 2.40. The van der Waals surface area contributed by atoms with Crippen molar-refractivity contribution >= 4 is 35.1 Å². The fraction of sp³-hybridized carbons (Fsp3) is 0.686. The van der Waals surface area contributed by atoms with E-state index in [4.69, 9.17) is 16.0 Å². The van der Waals surface area contributed by atoms with Crippen LogP contribution in [0.1, 0.15) is 128 Å². The maximum atomic E-state index is 13.8. The summed E-state index contributed by atoms with van der Waals surface area (Å²) in [4.78, 5) is 59.0. The van der Waals surface area contributed by atoms with Gasteiger partial charge in [-0.25, -0.2) is 0 Å². The Hall–Kier alpha value is -3.42. The summed E-state index contributed by atoms with van der Waals surface area (Å²) in [6.45, 7) is 17.3. The van der Waals surface area contributed by atoms with Crippen LogP contribution in [0.5, 0.6) is 0 Å². The molecule has 1 unspecified atom stereocenters. The second-order valence-electron chi connectivity index (χ2n) is 15.3. The van der Waals surface area contributed by atoms with Crippen LogP contribution in [0.3, 0.4) is 0 Å². The van der Waals surface area contributed by atoms with Crippen molar-refractivity contribution in [2.24, 2.45) is 11.8 Å². The van der Waals surface area contributed by atoms with E-state index in [1.165, 1.54) is 12.3 Å². The number of Topliss-reactive ketones (excluding diaryl/α,β-unsaturated/α-hetero) is 1. The Balaban J connectivity index is 1.55. The molecule has 49 heavy (non-hydrogen) atoms. The standard InChI is InChI=1S/C35H54ClN7O6/c1-20(2)26(28(45)31-41-42-33(49-31)34(5,6)7)39-30(47)24-13-12-18-43(24)32(48)27(21(3)4)38-25(44)14-10-11-16-35(8,9)40-29(46)23-19-22(36)15-17-37-23/h15,17,19-21,24-27,38,44H,10-14,16,18H2,1-9H3,(H,39,47)(H,40,46)/t24-,25?,26-,27-/m0/s1. The predicted octanol–water partition coefficient (Wildman–Crippen LogP) is 4.43. The number of nitrogens with zero attached hydrogens (tertiary/aromatic N) is 4. The molecule has 4 N–H and O–H groups in total. The highest BCUT2D eigenvalue weighted by atomic mass is 35.5. The third-order valence-electron chi connectivity index (χ3n) is 8.60. The Morgan fingerprint density at radius 3 is 2.31 bits per heavy atom. The average molecular weight is 704 g/mol. The summed E-state index contributed by atoms with van der Waals surface area (Å²) in [5, 5.41) is 28.2. The number of aromatic nitrogens is 3. The Labute approximate surface area is 294 Å². The van der Waals surface area contributed by atoms with Crippen molar-refractivity contribution in [3.05, 3.63) is 40.8 Å². The number of likely N-dealkylation sites (tertiary alicyclic amines) is 1. The van der Waals surface area contributed by atoms with Crippen molar-refractivity contribution in [3.8, 4) is 0 Å². The largest absolute Gasteiger partial charge is 0.418 e. The van der Waals surface area contributed by atoms with Gasteiger partial charge in [-0.05, 0) is 69.9 Å². The molecule has 0 saturated carbocycles. The number of amides is 3. The molecule has 2 aromatic rings. The first-order valence-electron chi connectivity index (χ1n) is 17.2. The van der Waals surface area contributed by atoms with E-state index in [0.717, 1.165) is 6.42 Å². The van der Waals surface area contributed by atoms with Crippen LogP contribution in [0.2, 0.25) is 5.02 Å². The number of hydrogen-bond acceptors (Lipinski definition) is 10. The Morgan fingerprint density at radius 1 is 1.04 bits per heavy atom. The monoisotopic (exact) mass is 703 g/mol. The first-order chi connectivity index (χ1) is 22.8. The molecular formula is C35H54ClN7O6. The molecule has 3 rings (SSSR count). The van der Waals surface area contributed by atoms with Gasteiger partial charge >= 0.3 is 0 Å². The number of aliphatic hydroxyl groups is 1. The van der Waals surface area contributed by atoms with Crippen molar-refractivity contribution in [2.75, 3.05) is 6.54 Å². The average Bonchev–Trinajstić information content (AvgIpc) is 3.71. The summed E-state index contributed by atoms with van der Waals surface area (Å²) in [6, 6.07) is 0.734. The molecule has 0 spiro atoms. The number of halogens is 1. The van der Waals surface area contributed by atoms with E-state index in [2.05, 4.69) is 31.1 Å². The van der Waals surface area contributed by atoms with E-state index in [0.29, 0.717) is 49.6 Å². The van der Waals surface area contributed by atoms with Gasteiger partial charge in [0.05, 0.1) is 12.1 Å². The van der Waals surface area contributed by atoms with E-state index in [9.17, 15) is 24.3 Å². The minimum Gasteiger partial charge on any atom is -0.418 e. The summed E-state index contributed by atoms with van der Waals surface area (Å²) in [7, 11) is 0. The molecule has 1 aliphatic heterocycles. The molecule has 0 aromatic carbocycles. The van der Waals surface area contributed by atoms with Crippen molar-refractivity contribution in [1.29, 1.82) is 0 Å². The first-order valence-corrected chi connectivity index (χ1v) is 17.6. The number of carbonyl (C=O) groups is 4. The molecule has 0 aliphatic carbocycles. The fourth-order valence-electron chi connectivity index (χ4n) is 5.73. The minimum absolute atomic E-state index is 0.162. The lowest BCUT2D eigenvalue weighted by atomic mass is 9.96. The summed E-state index contributed by atoms with van der Waals surface area (Å²) in [5.41, 5.74) is -0.705. The summed E-state index contributed by atoms with van der Waals surface area (Å²) in [6.07, 6.45) is 4.06. The van der Waals surface area contributed by atoms with Crippen LogP contribution in [-0.4, -0.2) is 85.1 Å². The van der Waals surface area contributed by atoms with Gasteiger partial charge in [-0.3, -0.25) is 29.5 Å². The van der Waals surface area contributed by atoms with Crippen LogP contribution in [-0.2, 0) is 15.0 Å². The zero-order valence-corrected chi connectivity index (χ0v) is 31.1. The van der Waals surface area contributed by atoms with Gasteiger partial charge < -0.3 is 25.1 Å². The molecule has 2 aromatic heterocycles. The van der Waals surface area contributed by atoms with E-state index in [1.807, 2.05) is 62.3 Å². The van der Waals surface area contributed by atoms with Gasteiger partial charge in [0.25, 0.3) is 11.8 Å². The predicted molar refractivity (Wildman–Crippen MR) is 186 cm³/mol. The summed E-state index contributed by atoms with van der Waals surface area (Å²) < 4.78 is 5.65. The second kappa shape index (κ2) is 17.0. The van der Waals surface area contributed by atoms with E-state index < -0.39 is 47.0 Å². The van der Waals surface area contributed by atoms with Gasteiger partial charge in [-0.15, -0.1) is 10.2 Å². The zero-order valence-electron chi connectivity index (χ0n) is 30.3. The van der Waals surface area contributed by atoms with Gasteiger partial charge in [-0.1, -0.05) is 66.5 Å². The lowest BCUT2D eigenvalue weighted by Crippen LogP contribution is -2.57. The normalized spacial score (nSPS) is 17.2. The van der Waals surface area contributed by atoms with Crippen molar-refractivity contribution < 1.29 is 28.7 Å². The fourth-order valence-corrected chi connectivity index (χ4v) is 5.89. The summed E-state index contributed by atoms with van der Waals surface area (Å²) in [5.74, 6) is -1.75. The Morgan fingerprint density at radius 2 is 1.71 bits per heavy atom. The number of carbonyl (C=O) groups excluding carboxylic acids is 4. The molecule has 13 nitrogen and oxygen atoms in total. The third kappa shape index (κ3) is 11.3. The molecule has 0 radical (unpaired) electrons. The van der Waals surface area contributed by atoms with Crippen LogP contribution in [0.15, 0.2) is 22.7 Å². The summed E-state index contributed by atoms with van der Waals surface area (Å²) >= 11 is 5.99. The number of nitrogens with one attached hydrogen (secondary N) is 3. The van der Waals surface area contributed by atoms with E-state index in [-0.39, 0.29) is 35.2 Å². The van der Waals surface area contributed by atoms with Crippen LogP contribution < -0.4 is 16.0 Å².